The number of nitrogens with zero attached hydrogens (tertiary/aromatic N) is 1. The maximum Gasteiger partial charge on any atom is 0.337 e. The van der Waals surface area contributed by atoms with E-state index in [1.54, 1.807) is 12.1 Å². The van der Waals surface area contributed by atoms with Crippen LogP contribution in [0.25, 0.3) is 0 Å². The molecule has 0 saturated heterocycles. The summed E-state index contributed by atoms with van der Waals surface area (Å²) in [6, 6.07) is 4.72. The van der Waals surface area contributed by atoms with E-state index in [4.69, 9.17) is 10.5 Å². The third kappa shape index (κ3) is 4.84. The average Bonchev–Trinajstić information content (AvgIpc) is 2.49. The second-order valence-electron chi connectivity index (χ2n) is 4.72. The first-order valence-corrected chi connectivity index (χ1v) is 6.91. The molecule has 1 aromatic carbocycles. The van der Waals surface area contributed by atoms with E-state index in [1.807, 2.05) is 6.92 Å². The summed E-state index contributed by atoms with van der Waals surface area (Å²) in [5.74, 6) is -1.37. The number of anilines is 1. The highest BCUT2D eigenvalue weighted by molar-refractivity contribution is 6.02. The molecule has 0 heterocycles. The van der Waals surface area contributed by atoms with Crippen LogP contribution in [0.2, 0.25) is 0 Å². The molecule has 116 valence electrons. The number of hydrogen-bond donors (Lipinski definition) is 2. The second-order valence-corrected chi connectivity index (χ2v) is 4.72. The molecule has 0 bridgehead atoms. The van der Waals surface area contributed by atoms with Gasteiger partial charge in [0.1, 0.15) is 6.61 Å². The Morgan fingerprint density at radius 1 is 1.38 bits per heavy atom. The van der Waals surface area contributed by atoms with E-state index in [2.05, 4.69) is 0 Å². The molecule has 0 atom stereocenters. The molecule has 0 fully saturated rings. The van der Waals surface area contributed by atoms with Gasteiger partial charge in [0.25, 0.3) is 5.91 Å². The summed E-state index contributed by atoms with van der Waals surface area (Å²) in [7, 11) is 1.54. The van der Waals surface area contributed by atoms with Gasteiger partial charge < -0.3 is 20.5 Å². The van der Waals surface area contributed by atoms with Crippen molar-refractivity contribution >= 4 is 17.6 Å². The van der Waals surface area contributed by atoms with Crippen molar-refractivity contribution in [2.45, 2.75) is 26.3 Å². The van der Waals surface area contributed by atoms with E-state index in [9.17, 15) is 14.7 Å². The highest BCUT2D eigenvalue weighted by Gasteiger charge is 2.18. The molecule has 0 aliphatic rings. The number of carboxylic acids is 1. The zero-order valence-corrected chi connectivity index (χ0v) is 12.5. The van der Waals surface area contributed by atoms with Crippen LogP contribution in [0.5, 0.6) is 0 Å². The van der Waals surface area contributed by atoms with Crippen molar-refractivity contribution in [3.8, 4) is 0 Å². The van der Waals surface area contributed by atoms with Crippen molar-refractivity contribution in [3.63, 3.8) is 0 Å². The molecule has 1 amide bonds. The summed E-state index contributed by atoms with van der Waals surface area (Å²) in [6.07, 6.45) is 1.88. The number of carboxylic acid groups (broad SMARTS) is 1. The van der Waals surface area contributed by atoms with Gasteiger partial charge in [-0.25, -0.2) is 4.79 Å². The zero-order valence-electron chi connectivity index (χ0n) is 12.5. The normalized spacial score (nSPS) is 10.4. The van der Waals surface area contributed by atoms with Crippen molar-refractivity contribution in [1.29, 1.82) is 0 Å². The molecule has 3 N–H and O–H groups in total. The number of carbonyl (C=O) groups excluding carboxylic acids is 1. The first kappa shape index (κ1) is 17.1. The Balaban J connectivity index is 2.86. The molecule has 1 rings (SSSR count). The van der Waals surface area contributed by atoms with Crippen molar-refractivity contribution in [3.05, 3.63) is 29.3 Å². The lowest BCUT2D eigenvalue weighted by Gasteiger charge is -2.20. The summed E-state index contributed by atoms with van der Waals surface area (Å²) < 4.78 is 5.27. The lowest BCUT2D eigenvalue weighted by molar-refractivity contribution is -0.122. The molecule has 0 aromatic heterocycles. The fourth-order valence-corrected chi connectivity index (χ4v) is 1.80. The van der Waals surface area contributed by atoms with Crippen LogP contribution in [0.3, 0.4) is 0 Å². The number of likely N-dealkylation sites (N-methyl/N-ethyl adjacent to an activating group) is 1. The molecule has 0 unspecified atom stereocenters. The minimum absolute atomic E-state index is 0.0663. The number of aromatic carboxylic acids is 1. The minimum Gasteiger partial charge on any atom is -0.478 e. The van der Waals surface area contributed by atoms with Gasteiger partial charge in [-0.2, -0.15) is 0 Å². The maximum absolute atomic E-state index is 12.1. The standard InChI is InChI=1S/C15H22N2O4/c1-3-4-7-21-10-14(18)17(2)13-8-11(9-16)5-6-12(13)15(19)20/h5-6,8H,3-4,7,9-10,16H2,1-2H3,(H,19,20). The fraction of sp³-hybridized carbons (Fsp3) is 0.467. The van der Waals surface area contributed by atoms with Crippen LogP contribution in [0.1, 0.15) is 35.7 Å². The second kappa shape index (κ2) is 8.39. The van der Waals surface area contributed by atoms with Gasteiger partial charge in [0, 0.05) is 20.2 Å². The van der Waals surface area contributed by atoms with Crippen LogP contribution in [0, 0.1) is 0 Å². The van der Waals surface area contributed by atoms with Gasteiger partial charge in [0.05, 0.1) is 11.3 Å². The van der Waals surface area contributed by atoms with Gasteiger partial charge in [-0.1, -0.05) is 19.4 Å². The summed E-state index contributed by atoms with van der Waals surface area (Å²) in [5, 5.41) is 9.21. The Kier molecular flexibility index (Phi) is 6.84. The molecule has 0 saturated carbocycles. The number of nitrogens with two attached hydrogens (primary N) is 1. The molecule has 0 aliphatic carbocycles. The van der Waals surface area contributed by atoms with Gasteiger partial charge in [0.15, 0.2) is 0 Å². The molecule has 0 aliphatic heterocycles. The number of rotatable bonds is 8. The predicted octanol–water partition coefficient (Wildman–Crippen LogP) is 1.62. The Bertz CT molecular complexity index is 502. The SMILES string of the molecule is CCCCOCC(=O)N(C)c1cc(CN)ccc1C(=O)O. The third-order valence-corrected chi connectivity index (χ3v) is 3.13. The van der Waals surface area contributed by atoms with Crippen molar-refractivity contribution < 1.29 is 19.4 Å². The summed E-state index contributed by atoms with van der Waals surface area (Å²) in [4.78, 5) is 24.6. The largest absolute Gasteiger partial charge is 0.478 e. The number of carbonyl (C=O) groups is 2. The van der Waals surface area contributed by atoms with E-state index in [0.717, 1.165) is 18.4 Å². The third-order valence-electron chi connectivity index (χ3n) is 3.13. The monoisotopic (exact) mass is 294 g/mol. The van der Waals surface area contributed by atoms with Gasteiger partial charge >= 0.3 is 5.97 Å². The number of hydrogen-bond acceptors (Lipinski definition) is 4. The van der Waals surface area contributed by atoms with Gasteiger partial charge in [-0.05, 0) is 24.1 Å². The zero-order chi connectivity index (χ0) is 15.8. The molecule has 1 aromatic rings. The van der Waals surface area contributed by atoms with Crippen molar-refractivity contribution in [2.24, 2.45) is 5.73 Å². The maximum atomic E-state index is 12.1. The van der Waals surface area contributed by atoms with Crippen LogP contribution >= 0.6 is 0 Å². The smallest absolute Gasteiger partial charge is 0.337 e. The Morgan fingerprint density at radius 3 is 2.67 bits per heavy atom. The molecule has 0 spiro atoms. The highest BCUT2D eigenvalue weighted by Crippen LogP contribution is 2.22. The Morgan fingerprint density at radius 2 is 2.10 bits per heavy atom. The van der Waals surface area contributed by atoms with Crippen LogP contribution in [0.4, 0.5) is 5.69 Å². The molecule has 21 heavy (non-hydrogen) atoms. The summed E-state index contributed by atoms with van der Waals surface area (Å²) in [6.45, 7) is 2.77. The van der Waals surface area contributed by atoms with E-state index in [1.165, 1.54) is 18.0 Å². The first-order valence-electron chi connectivity index (χ1n) is 6.91. The van der Waals surface area contributed by atoms with Crippen LogP contribution in [0.15, 0.2) is 18.2 Å². The number of benzene rings is 1. The lowest BCUT2D eigenvalue weighted by Crippen LogP contribution is -2.31. The molecule has 6 nitrogen and oxygen atoms in total. The highest BCUT2D eigenvalue weighted by atomic mass is 16.5. The van der Waals surface area contributed by atoms with E-state index in [-0.39, 0.29) is 24.6 Å². The van der Waals surface area contributed by atoms with Gasteiger partial charge in [-0.15, -0.1) is 0 Å². The van der Waals surface area contributed by atoms with Gasteiger partial charge in [-0.3, -0.25) is 4.79 Å². The predicted molar refractivity (Wildman–Crippen MR) is 80.4 cm³/mol. The minimum atomic E-state index is -1.08. The number of unbranched alkanes of at least 4 members (excludes halogenated alkanes) is 1. The quantitative estimate of drug-likeness (QED) is 0.711. The summed E-state index contributed by atoms with van der Waals surface area (Å²) >= 11 is 0. The molecular formula is C15H22N2O4. The van der Waals surface area contributed by atoms with Crippen molar-refractivity contribution in [2.75, 3.05) is 25.2 Å². The molecule has 6 heteroatoms. The van der Waals surface area contributed by atoms with Crippen molar-refractivity contribution in [1.82, 2.24) is 0 Å². The van der Waals surface area contributed by atoms with E-state index >= 15 is 0 Å². The Labute approximate surface area is 124 Å². The number of ether oxygens (including phenoxy) is 1. The molecular weight excluding hydrogens is 272 g/mol. The van der Waals surface area contributed by atoms with E-state index in [0.29, 0.717) is 12.3 Å². The lowest BCUT2D eigenvalue weighted by atomic mass is 10.1. The fourth-order valence-electron chi connectivity index (χ4n) is 1.80. The first-order chi connectivity index (χ1) is 10.0. The van der Waals surface area contributed by atoms with Crippen LogP contribution < -0.4 is 10.6 Å². The molecule has 0 radical (unpaired) electrons. The van der Waals surface area contributed by atoms with Gasteiger partial charge in [0.2, 0.25) is 0 Å². The number of amides is 1. The summed E-state index contributed by atoms with van der Waals surface area (Å²) in [5.41, 5.74) is 6.72. The Hall–Kier alpha value is -1.92. The topological polar surface area (TPSA) is 92.9 Å². The van der Waals surface area contributed by atoms with Crippen LogP contribution in [-0.4, -0.2) is 37.2 Å². The van der Waals surface area contributed by atoms with E-state index < -0.39 is 5.97 Å². The average molecular weight is 294 g/mol. The van der Waals surface area contributed by atoms with Crippen LogP contribution in [-0.2, 0) is 16.1 Å².